The van der Waals surface area contributed by atoms with E-state index in [1.165, 1.54) is 58.0 Å². The molecule has 2 aliphatic rings. The molecule has 2 unspecified atom stereocenters. The average Bonchev–Trinajstić information content (AvgIpc) is 2.40. The number of hydrogen-bond donors (Lipinski definition) is 1. The van der Waals surface area contributed by atoms with E-state index in [0.717, 1.165) is 18.5 Å². The Balaban J connectivity index is 1.84. The first kappa shape index (κ1) is 13.4. The first-order valence-electron chi connectivity index (χ1n) is 7.61. The Hall–Kier alpha value is -0.0800. The molecular weight excluding hydrogens is 208 g/mol. The van der Waals surface area contributed by atoms with Crippen LogP contribution in [0.4, 0.5) is 0 Å². The molecule has 0 aromatic rings. The Morgan fingerprint density at radius 2 is 1.94 bits per heavy atom. The Labute approximate surface area is 107 Å². The lowest BCUT2D eigenvalue weighted by Crippen LogP contribution is -2.46. The van der Waals surface area contributed by atoms with Crippen molar-refractivity contribution in [3.8, 4) is 0 Å². The SMILES string of the molecule is CCC1(C)CCN(C2CCCC(CN)C2)CC1. The summed E-state index contributed by atoms with van der Waals surface area (Å²) >= 11 is 0. The van der Waals surface area contributed by atoms with Crippen molar-refractivity contribution in [2.24, 2.45) is 17.1 Å². The molecule has 2 N–H and O–H groups in total. The van der Waals surface area contributed by atoms with Gasteiger partial charge in [-0.25, -0.2) is 0 Å². The normalized spacial score (nSPS) is 34.8. The van der Waals surface area contributed by atoms with Crippen LogP contribution in [-0.2, 0) is 0 Å². The molecule has 17 heavy (non-hydrogen) atoms. The predicted octanol–water partition coefficient (Wildman–Crippen LogP) is 3.02. The summed E-state index contributed by atoms with van der Waals surface area (Å²) in [5.41, 5.74) is 6.46. The van der Waals surface area contributed by atoms with E-state index in [1.807, 2.05) is 0 Å². The van der Waals surface area contributed by atoms with E-state index in [-0.39, 0.29) is 0 Å². The number of piperidine rings is 1. The molecule has 0 aromatic heterocycles. The van der Waals surface area contributed by atoms with E-state index in [2.05, 4.69) is 18.7 Å². The van der Waals surface area contributed by atoms with Gasteiger partial charge in [0.15, 0.2) is 0 Å². The average molecular weight is 238 g/mol. The highest BCUT2D eigenvalue weighted by molar-refractivity contribution is 4.87. The van der Waals surface area contributed by atoms with E-state index in [9.17, 15) is 0 Å². The van der Waals surface area contributed by atoms with Crippen molar-refractivity contribution in [1.82, 2.24) is 4.90 Å². The standard InChI is InChI=1S/C15H30N2/c1-3-15(2)7-9-17(10-8-15)14-6-4-5-13(11-14)12-16/h13-14H,3-12,16H2,1-2H3. The fourth-order valence-electron chi connectivity index (χ4n) is 3.59. The highest BCUT2D eigenvalue weighted by Gasteiger charge is 2.33. The Bertz CT molecular complexity index is 231. The van der Waals surface area contributed by atoms with Gasteiger partial charge in [-0.15, -0.1) is 0 Å². The summed E-state index contributed by atoms with van der Waals surface area (Å²) in [5, 5.41) is 0. The third-order valence-electron chi connectivity index (χ3n) is 5.46. The van der Waals surface area contributed by atoms with E-state index in [1.54, 1.807) is 0 Å². The maximum atomic E-state index is 5.84. The molecule has 100 valence electrons. The molecule has 1 saturated heterocycles. The molecule has 0 amide bonds. The molecule has 0 aromatic carbocycles. The zero-order chi connectivity index (χ0) is 12.3. The quantitative estimate of drug-likeness (QED) is 0.819. The minimum atomic E-state index is 0.623. The molecule has 1 aliphatic carbocycles. The van der Waals surface area contributed by atoms with Crippen LogP contribution in [0.1, 0.15) is 58.8 Å². The third kappa shape index (κ3) is 3.23. The second kappa shape index (κ2) is 5.71. The van der Waals surface area contributed by atoms with Crippen molar-refractivity contribution in [2.75, 3.05) is 19.6 Å². The molecule has 1 aliphatic heterocycles. The van der Waals surface area contributed by atoms with E-state index in [0.29, 0.717) is 5.41 Å². The van der Waals surface area contributed by atoms with Crippen LogP contribution in [-0.4, -0.2) is 30.6 Å². The molecule has 1 saturated carbocycles. The van der Waals surface area contributed by atoms with Gasteiger partial charge in [0.25, 0.3) is 0 Å². The van der Waals surface area contributed by atoms with Gasteiger partial charge in [0.2, 0.25) is 0 Å². The lowest BCUT2D eigenvalue weighted by Gasteiger charge is -2.44. The number of likely N-dealkylation sites (tertiary alicyclic amines) is 1. The molecule has 2 rings (SSSR count). The van der Waals surface area contributed by atoms with Gasteiger partial charge in [0, 0.05) is 6.04 Å². The molecular formula is C15H30N2. The van der Waals surface area contributed by atoms with Crippen molar-refractivity contribution >= 4 is 0 Å². The maximum Gasteiger partial charge on any atom is 0.00983 e. The van der Waals surface area contributed by atoms with Crippen LogP contribution < -0.4 is 5.73 Å². The van der Waals surface area contributed by atoms with Crippen LogP contribution in [0.15, 0.2) is 0 Å². The molecule has 2 atom stereocenters. The number of nitrogens with zero attached hydrogens (tertiary/aromatic N) is 1. The Kier molecular flexibility index (Phi) is 4.48. The van der Waals surface area contributed by atoms with Crippen molar-refractivity contribution in [3.05, 3.63) is 0 Å². The van der Waals surface area contributed by atoms with Crippen LogP contribution in [0.3, 0.4) is 0 Å². The van der Waals surface area contributed by atoms with Gasteiger partial charge in [0.1, 0.15) is 0 Å². The van der Waals surface area contributed by atoms with Gasteiger partial charge in [-0.05, 0) is 63.1 Å². The van der Waals surface area contributed by atoms with Crippen molar-refractivity contribution in [1.29, 1.82) is 0 Å². The topological polar surface area (TPSA) is 29.3 Å². The first-order chi connectivity index (χ1) is 8.17. The summed E-state index contributed by atoms with van der Waals surface area (Å²) in [5.74, 6) is 0.799. The number of hydrogen-bond acceptors (Lipinski definition) is 2. The minimum absolute atomic E-state index is 0.623. The predicted molar refractivity (Wildman–Crippen MR) is 74.0 cm³/mol. The van der Waals surface area contributed by atoms with Crippen LogP contribution in [0.25, 0.3) is 0 Å². The summed E-state index contributed by atoms with van der Waals surface area (Å²) in [6.45, 7) is 8.37. The van der Waals surface area contributed by atoms with E-state index in [4.69, 9.17) is 5.73 Å². The highest BCUT2D eigenvalue weighted by Crippen LogP contribution is 2.37. The summed E-state index contributed by atoms with van der Waals surface area (Å²) in [7, 11) is 0. The fourth-order valence-corrected chi connectivity index (χ4v) is 3.59. The number of rotatable bonds is 3. The summed E-state index contributed by atoms with van der Waals surface area (Å²) in [6, 6.07) is 0.846. The van der Waals surface area contributed by atoms with E-state index < -0.39 is 0 Å². The molecule has 1 heterocycles. The molecule has 2 nitrogen and oxygen atoms in total. The third-order valence-corrected chi connectivity index (χ3v) is 5.46. The molecule has 0 spiro atoms. The molecule has 2 heteroatoms. The second-order valence-electron chi connectivity index (χ2n) is 6.62. The zero-order valence-corrected chi connectivity index (χ0v) is 11.8. The van der Waals surface area contributed by atoms with Crippen LogP contribution in [0.2, 0.25) is 0 Å². The Morgan fingerprint density at radius 3 is 2.53 bits per heavy atom. The van der Waals surface area contributed by atoms with Crippen LogP contribution >= 0.6 is 0 Å². The second-order valence-corrected chi connectivity index (χ2v) is 6.62. The monoisotopic (exact) mass is 238 g/mol. The van der Waals surface area contributed by atoms with E-state index >= 15 is 0 Å². The van der Waals surface area contributed by atoms with Crippen LogP contribution in [0.5, 0.6) is 0 Å². The first-order valence-corrected chi connectivity index (χ1v) is 7.61. The van der Waals surface area contributed by atoms with Crippen molar-refractivity contribution in [2.45, 2.75) is 64.8 Å². The fraction of sp³-hybridized carbons (Fsp3) is 1.00. The smallest absolute Gasteiger partial charge is 0.00983 e. The minimum Gasteiger partial charge on any atom is -0.330 e. The molecule has 0 radical (unpaired) electrons. The summed E-state index contributed by atoms with van der Waals surface area (Å²) in [4.78, 5) is 2.76. The van der Waals surface area contributed by atoms with Crippen molar-refractivity contribution < 1.29 is 0 Å². The lowest BCUT2D eigenvalue weighted by atomic mass is 9.76. The Morgan fingerprint density at radius 1 is 1.24 bits per heavy atom. The van der Waals surface area contributed by atoms with Crippen molar-refractivity contribution in [3.63, 3.8) is 0 Å². The zero-order valence-electron chi connectivity index (χ0n) is 11.8. The van der Waals surface area contributed by atoms with Gasteiger partial charge < -0.3 is 10.6 Å². The lowest BCUT2D eigenvalue weighted by molar-refractivity contribution is 0.0556. The number of nitrogens with two attached hydrogens (primary N) is 1. The maximum absolute atomic E-state index is 5.84. The largest absolute Gasteiger partial charge is 0.330 e. The summed E-state index contributed by atoms with van der Waals surface area (Å²) < 4.78 is 0. The van der Waals surface area contributed by atoms with Gasteiger partial charge in [0.05, 0.1) is 0 Å². The highest BCUT2D eigenvalue weighted by atomic mass is 15.2. The van der Waals surface area contributed by atoms with Crippen LogP contribution in [0, 0.1) is 11.3 Å². The van der Waals surface area contributed by atoms with Gasteiger partial charge >= 0.3 is 0 Å². The molecule has 0 bridgehead atoms. The van der Waals surface area contributed by atoms with Gasteiger partial charge in [-0.1, -0.05) is 26.7 Å². The van der Waals surface area contributed by atoms with Gasteiger partial charge in [-0.3, -0.25) is 0 Å². The summed E-state index contributed by atoms with van der Waals surface area (Å²) in [6.07, 6.45) is 9.68. The molecule has 2 fully saturated rings. The van der Waals surface area contributed by atoms with Gasteiger partial charge in [-0.2, -0.15) is 0 Å².